The van der Waals surface area contributed by atoms with Gasteiger partial charge in [0, 0.05) is 57.2 Å². The normalized spacial score (nSPS) is 23.2. The van der Waals surface area contributed by atoms with Gasteiger partial charge in [0.1, 0.15) is 0 Å². The Bertz CT molecular complexity index is 508. The number of carbonyl (C=O) groups excluding carboxylic acids is 1. The summed E-state index contributed by atoms with van der Waals surface area (Å²) in [6.45, 7) is 6.27. The molecule has 128 valence electrons. The molecular weight excluding hydrogens is 332 g/mol. The second kappa shape index (κ2) is 8.47. The summed E-state index contributed by atoms with van der Waals surface area (Å²) in [5, 5.41) is 0. The lowest BCUT2D eigenvalue weighted by Crippen LogP contribution is -2.48. The van der Waals surface area contributed by atoms with Crippen LogP contribution in [0, 0.1) is 5.92 Å². The molecule has 3 rings (SSSR count). The SMILES string of the molecule is O=C(CCC1CCCOC1)N1CCN(Cc2ccc(Cl)s2)CC1. The van der Waals surface area contributed by atoms with E-state index in [0.29, 0.717) is 18.2 Å². The Morgan fingerprint density at radius 2 is 2.13 bits per heavy atom. The number of piperazine rings is 1. The average molecular weight is 357 g/mol. The zero-order valence-electron chi connectivity index (χ0n) is 13.5. The van der Waals surface area contributed by atoms with Crippen LogP contribution in [0.4, 0.5) is 0 Å². The summed E-state index contributed by atoms with van der Waals surface area (Å²) in [6.07, 6.45) is 4.01. The van der Waals surface area contributed by atoms with E-state index < -0.39 is 0 Å². The molecule has 2 aliphatic rings. The molecule has 0 bridgehead atoms. The van der Waals surface area contributed by atoms with E-state index in [1.54, 1.807) is 11.3 Å². The summed E-state index contributed by atoms with van der Waals surface area (Å²) in [6, 6.07) is 4.05. The summed E-state index contributed by atoms with van der Waals surface area (Å²) in [5.41, 5.74) is 0. The van der Waals surface area contributed by atoms with Gasteiger partial charge in [0.15, 0.2) is 0 Å². The van der Waals surface area contributed by atoms with Crippen molar-refractivity contribution in [2.24, 2.45) is 5.92 Å². The number of carbonyl (C=O) groups is 1. The van der Waals surface area contributed by atoms with Crippen LogP contribution >= 0.6 is 22.9 Å². The molecule has 0 N–H and O–H groups in total. The van der Waals surface area contributed by atoms with Crippen LogP contribution in [0.3, 0.4) is 0 Å². The van der Waals surface area contributed by atoms with Gasteiger partial charge in [-0.15, -0.1) is 11.3 Å². The Kier molecular flexibility index (Phi) is 6.34. The van der Waals surface area contributed by atoms with E-state index in [0.717, 1.165) is 63.1 Å². The highest BCUT2D eigenvalue weighted by molar-refractivity contribution is 7.16. The summed E-state index contributed by atoms with van der Waals surface area (Å²) >= 11 is 7.62. The molecule has 4 nitrogen and oxygen atoms in total. The smallest absolute Gasteiger partial charge is 0.222 e. The van der Waals surface area contributed by atoms with Crippen LogP contribution < -0.4 is 0 Å². The Morgan fingerprint density at radius 1 is 1.30 bits per heavy atom. The van der Waals surface area contributed by atoms with E-state index in [1.165, 1.54) is 11.3 Å². The monoisotopic (exact) mass is 356 g/mol. The lowest BCUT2D eigenvalue weighted by Gasteiger charge is -2.35. The third-order valence-corrected chi connectivity index (χ3v) is 5.97. The minimum atomic E-state index is 0.314. The van der Waals surface area contributed by atoms with Crippen molar-refractivity contribution >= 4 is 28.8 Å². The van der Waals surface area contributed by atoms with Crippen molar-refractivity contribution in [2.45, 2.75) is 32.2 Å². The van der Waals surface area contributed by atoms with E-state index in [2.05, 4.69) is 11.0 Å². The Labute approximate surface area is 147 Å². The highest BCUT2D eigenvalue weighted by atomic mass is 35.5. The fraction of sp³-hybridized carbons (Fsp3) is 0.706. The van der Waals surface area contributed by atoms with Crippen LogP contribution in [0.25, 0.3) is 0 Å². The molecule has 2 saturated heterocycles. The van der Waals surface area contributed by atoms with Crippen LogP contribution in [0.15, 0.2) is 12.1 Å². The number of thiophene rings is 1. The highest BCUT2D eigenvalue weighted by Gasteiger charge is 2.22. The molecule has 3 heterocycles. The molecule has 1 unspecified atom stereocenters. The fourth-order valence-corrected chi connectivity index (χ4v) is 4.46. The third-order valence-electron chi connectivity index (χ3n) is 4.75. The molecule has 0 radical (unpaired) electrons. The van der Waals surface area contributed by atoms with Crippen molar-refractivity contribution in [2.75, 3.05) is 39.4 Å². The van der Waals surface area contributed by atoms with Gasteiger partial charge in [0.25, 0.3) is 0 Å². The molecule has 1 atom stereocenters. The molecule has 1 amide bonds. The number of nitrogens with zero attached hydrogens (tertiary/aromatic N) is 2. The molecule has 0 aromatic carbocycles. The minimum Gasteiger partial charge on any atom is -0.381 e. The van der Waals surface area contributed by atoms with Crippen LogP contribution in [0.5, 0.6) is 0 Å². The predicted octanol–water partition coefficient (Wildman–Crippen LogP) is 3.25. The first-order chi connectivity index (χ1) is 11.2. The minimum absolute atomic E-state index is 0.314. The number of ether oxygens (including phenoxy) is 1. The van der Waals surface area contributed by atoms with Gasteiger partial charge in [-0.05, 0) is 37.3 Å². The average Bonchev–Trinajstić information content (AvgIpc) is 2.99. The van der Waals surface area contributed by atoms with Crippen LogP contribution in [0.1, 0.15) is 30.6 Å². The van der Waals surface area contributed by atoms with E-state index in [1.807, 2.05) is 11.0 Å². The van der Waals surface area contributed by atoms with Gasteiger partial charge >= 0.3 is 0 Å². The molecule has 23 heavy (non-hydrogen) atoms. The molecule has 0 spiro atoms. The molecule has 1 aromatic rings. The Balaban J connectivity index is 1.37. The Morgan fingerprint density at radius 3 is 2.78 bits per heavy atom. The number of rotatable bonds is 5. The number of halogens is 1. The molecule has 2 aliphatic heterocycles. The summed E-state index contributed by atoms with van der Waals surface area (Å²) < 4.78 is 6.34. The van der Waals surface area contributed by atoms with Crippen molar-refractivity contribution < 1.29 is 9.53 Å². The van der Waals surface area contributed by atoms with Crippen molar-refractivity contribution in [1.29, 1.82) is 0 Å². The Hall–Kier alpha value is -0.620. The number of amides is 1. The first kappa shape index (κ1) is 17.2. The maximum absolute atomic E-state index is 12.4. The quantitative estimate of drug-likeness (QED) is 0.811. The van der Waals surface area contributed by atoms with Crippen molar-refractivity contribution in [3.63, 3.8) is 0 Å². The second-order valence-electron chi connectivity index (χ2n) is 6.48. The lowest BCUT2D eigenvalue weighted by molar-refractivity contribution is -0.133. The maximum Gasteiger partial charge on any atom is 0.222 e. The predicted molar refractivity (Wildman–Crippen MR) is 94.0 cm³/mol. The van der Waals surface area contributed by atoms with Gasteiger partial charge in [-0.2, -0.15) is 0 Å². The number of hydrogen-bond acceptors (Lipinski definition) is 4. The molecule has 0 aliphatic carbocycles. The van der Waals surface area contributed by atoms with E-state index >= 15 is 0 Å². The van der Waals surface area contributed by atoms with Gasteiger partial charge in [-0.25, -0.2) is 0 Å². The van der Waals surface area contributed by atoms with Gasteiger partial charge in [0.05, 0.1) is 4.34 Å². The highest BCUT2D eigenvalue weighted by Crippen LogP contribution is 2.23. The molecule has 6 heteroatoms. The van der Waals surface area contributed by atoms with Crippen LogP contribution in [-0.4, -0.2) is 55.1 Å². The first-order valence-electron chi connectivity index (χ1n) is 8.53. The van der Waals surface area contributed by atoms with E-state index in [9.17, 15) is 4.79 Å². The van der Waals surface area contributed by atoms with Gasteiger partial charge in [-0.1, -0.05) is 11.6 Å². The fourth-order valence-electron chi connectivity index (χ4n) is 3.33. The van der Waals surface area contributed by atoms with Crippen molar-refractivity contribution in [3.05, 3.63) is 21.3 Å². The van der Waals surface area contributed by atoms with E-state index in [4.69, 9.17) is 16.3 Å². The van der Waals surface area contributed by atoms with Crippen LogP contribution in [-0.2, 0) is 16.1 Å². The topological polar surface area (TPSA) is 32.8 Å². The summed E-state index contributed by atoms with van der Waals surface area (Å²) in [7, 11) is 0. The zero-order chi connectivity index (χ0) is 16.1. The van der Waals surface area contributed by atoms with Crippen LogP contribution in [0.2, 0.25) is 4.34 Å². The summed E-state index contributed by atoms with van der Waals surface area (Å²) in [4.78, 5) is 18.1. The molecular formula is C17H25ClN2O2S. The van der Waals surface area contributed by atoms with E-state index in [-0.39, 0.29) is 0 Å². The van der Waals surface area contributed by atoms with Gasteiger partial charge in [0.2, 0.25) is 5.91 Å². The zero-order valence-corrected chi connectivity index (χ0v) is 15.1. The maximum atomic E-state index is 12.4. The van der Waals surface area contributed by atoms with Gasteiger partial charge < -0.3 is 9.64 Å². The van der Waals surface area contributed by atoms with Crippen molar-refractivity contribution in [3.8, 4) is 0 Å². The second-order valence-corrected chi connectivity index (χ2v) is 8.28. The van der Waals surface area contributed by atoms with Crippen molar-refractivity contribution in [1.82, 2.24) is 9.80 Å². The third kappa shape index (κ3) is 5.18. The molecule has 2 fully saturated rings. The molecule has 0 saturated carbocycles. The van der Waals surface area contributed by atoms with Gasteiger partial charge in [-0.3, -0.25) is 9.69 Å². The number of hydrogen-bond donors (Lipinski definition) is 0. The summed E-state index contributed by atoms with van der Waals surface area (Å²) in [5.74, 6) is 0.895. The lowest BCUT2D eigenvalue weighted by atomic mass is 9.96. The first-order valence-corrected chi connectivity index (χ1v) is 9.72. The molecule has 1 aromatic heterocycles. The standard InChI is InChI=1S/C17H25ClN2O2S/c18-16-5-4-15(23-16)12-19-7-9-20(10-8-19)17(21)6-3-14-2-1-11-22-13-14/h4-5,14H,1-3,6-13H2. The largest absolute Gasteiger partial charge is 0.381 e.